The van der Waals surface area contributed by atoms with Crippen LogP contribution in [0.1, 0.15) is 61.0 Å². The van der Waals surface area contributed by atoms with Crippen molar-refractivity contribution in [3.8, 4) is 0 Å². The molecule has 1 saturated carbocycles. The third kappa shape index (κ3) is 2.58. The lowest BCUT2D eigenvalue weighted by atomic mass is 9.80. The van der Waals surface area contributed by atoms with Crippen molar-refractivity contribution in [3.63, 3.8) is 0 Å². The Bertz CT molecular complexity index is 563. The lowest BCUT2D eigenvalue weighted by Gasteiger charge is -2.36. The van der Waals surface area contributed by atoms with E-state index in [1.54, 1.807) is 11.7 Å². The minimum Gasteiger partial charge on any atom is -0.388 e. The Hall–Kier alpha value is -1.40. The van der Waals surface area contributed by atoms with Crippen LogP contribution in [0.2, 0.25) is 0 Å². The summed E-state index contributed by atoms with van der Waals surface area (Å²) >= 11 is 0. The van der Waals surface area contributed by atoms with Crippen molar-refractivity contribution in [1.82, 2.24) is 15.1 Å². The number of nitrogens with one attached hydrogen (secondary N) is 1. The third-order valence-electron chi connectivity index (χ3n) is 4.57. The third-order valence-corrected chi connectivity index (χ3v) is 4.57. The van der Waals surface area contributed by atoms with Crippen LogP contribution in [-0.2, 0) is 18.2 Å². The lowest BCUT2D eigenvalue weighted by Crippen LogP contribution is -2.48. The van der Waals surface area contributed by atoms with Crippen LogP contribution in [0.4, 0.5) is 0 Å². The molecule has 0 aromatic carbocycles. The molecule has 0 saturated heterocycles. The van der Waals surface area contributed by atoms with Crippen LogP contribution in [0.3, 0.4) is 0 Å². The quantitative estimate of drug-likeness (QED) is 0.874. The van der Waals surface area contributed by atoms with E-state index in [1.165, 1.54) is 0 Å². The first-order valence-corrected chi connectivity index (χ1v) is 7.61. The predicted molar refractivity (Wildman–Crippen MR) is 77.0 cm³/mol. The van der Waals surface area contributed by atoms with Gasteiger partial charge in [-0.15, -0.1) is 0 Å². The van der Waals surface area contributed by atoms with Crippen LogP contribution in [0.15, 0.2) is 0 Å². The van der Waals surface area contributed by atoms with Crippen LogP contribution < -0.4 is 5.32 Å². The van der Waals surface area contributed by atoms with Gasteiger partial charge in [0.25, 0.3) is 5.91 Å². The number of aryl methyl sites for hydroxylation is 1. The fourth-order valence-corrected chi connectivity index (χ4v) is 3.24. The number of ether oxygens (including phenoxy) is 1. The highest BCUT2D eigenvalue weighted by atomic mass is 16.5. The van der Waals surface area contributed by atoms with Gasteiger partial charge in [0.1, 0.15) is 5.69 Å². The molecular weight excluding hydrogens is 270 g/mol. The first-order chi connectivity index (χ1) is 9.89. The highest BCUT2D eigenvalue weighted by molar-refractivity contribution is 5.94. The van der Waals surface area contributed by atoms with E-state index in [2.05, 4.69) is 10.4 Å². The van der Waals surface area contributed by atoms with Crippen molar-refractivity contribution in [2.75, 3.05) is 6.54 Å². The van der Waals surface area contributed by atoms with E-state index >= 15 is 0 Å². The number of fused-ring (bicyclic) bond motifs is 1. The van der Waals surface area contributed by atoms with Gasteiger partial charge >= 0.3 is 0 Å². The topological polar surface area (TPSA) is 76.4 Å². The molecule has 2 aliphatic rings. The molecule has 1 amide bonds. The highest BCUT2D eigenvalue weighted by Crippen LogP contribution is 2.32. The summed E-state index contributed by atoms with van der Waals surface area (Å²) in [5, 5.41) is 17.4. The maximum atomic E-state index is 12.5. The Labute approximate surface area is 124 Å². The molecule has 6 heteroatoms. The second-order valence-electron chi connectivity index (χ2n) is 6.39. The van der Waals surface area contributed by atoms with Crippen molar-refractivity contribution >= 4 is 5.91 Å². The van der Waals surface area contributed by atoms with E-state index in [0.717, 1.165) is 30.5 Å². The summed E-state index contributed by atoms with van der Waals surface area (Å²) in [6.07, 6.45) is 3.24. The molecule has 0 bridgehead atoms. The van der Waals surface area contributed by atoms with E-state index in [-0.39, 0.29) is 18.1 Å². The second-order valence-corrected chi connectivity index (χ2v) is 6.39. The number of amides is 1. The van der Waals surface area contributed by atoms with Crippen LogP contribution in [-0.4, -0.2) is 39.0 Å². The molecular formula is C15H23N3O3. The van der Waals surface area contributed by atoms with Gasteiger partial charge in [0.15, 0.2) is 0 Å². The van der Waals surface area contributed by atoms with Gasteiger partial charge in [-0.3, -0.25) is 9.48 Å². The van der Waals surface area contributed by atoms with Crippen molar-refractivity contribution in [1.29, 1.82) is 0 Å². The summed E-state index contributed by atoms with van der Waals surface area (Å²) in [5.41, 5.74) is 1.71. The van der Waals surface area contributed by atoms with E-state index in [0.29, 0.717) is 18.7 Å². The maximum absolute atomic E-state index is 12.5. The van der Waals surface area contributed by atoms with Crippen molar-refractivity contribution in [2.45, 2.75) is 57.3 Å². The molecule has 0 spiro atoms. The van der Waals surface area contributed by atoms with Gasteiger partial charge in [-0.25, -0.2) is 0 Å². The van der Waals surface area contributed by atoms with Gasteiger partial charge in [0, 0.05) is 25.6 Å². The van der Waals surface area contributed by atoms with Gasteiger partial charge < -0.3 is 15.2 Å². The summed E-state index contributed by atoms with van der Waals surface area (Å²) in [6, 6.07) is 0. The molecule has 1 aliphatic carbocycles. The zero-order valence-corrected chi connectivity index (χ0v) is 12.8. The number of hydrogen-bond donors (Lipinski definition) is 2. The normalized spacial score (nSPS) is 26.9. The minimum atomic E-state index is -0.710. The minimum absolute atomic E-state index is 0.0825. The summed E-state index contributed by atoms with van der Waals surface area (Å²) in [7, 11) is 1.78. The van der Waals surface area contributed by atoms with E-state index in [4.69, 9.17) is 4.74 Å². The van der Waals surface area contributed by atoms with Gasteiger partial charge in [0.2, 0.25) is 0 Å². The molecule has 2 atom stereocenters. The van der Waals surface area contributed by atoms with Crippen molar-refractivity contribution in [2.24, 2.45) is 7.05 Å². The number of aromatic nitrogens is 2. The standard InChI is InChI=1S/C15H23N3O3/c1-9-7-11-12(10(2)21-9)17-18(3)13(11)14(19)16-8-15(20)5-4-6-15/h9-10,20H,4-8H2,1-3H3,(H,16,19)/t9-,10+/m1/s1. The smallest absolute Gasteiger partial charge is 0.269 e. The second kappa shape index (κ2) is 5.10. The van der Waals surface area contributed by atoms with E-state index in [9.17, 15) is 9.90 Å². The number of nitrogens with zero attached hydrogens (tertiary/aromatic N) is 2. The van der Waals surface area contributed by atoms with Crippen molar-refractivity contribution < 1.29 is 14.6 Å². The fourth-order valence-electron chi connectivity index (χ4n) is 3.24. The first-order valence-electron chi connectivity index (χ1n) is 7.61. The molecule has 116 valence electrons. The molecule has 6 nitrogen and oxygen atoms in total. The van der Waals surface area contributed by atoms with Gasteiger partial charge in [-0.2, -0.15) is 5.10 Å². The Balaban J connectivity index is 1.80. The number of aliphatic hydroxyl groups is 1. The number of carbonyl (C=O) groups is 1. The van der Waals surface area contributed by atoms with Gasteiger partial charge in [-0.05, 0) is 33.1 Å². The molecule has 2 heterocycles. The highest BCUT2D eigenvalue weighted by Gasteiger charge is 2.36. The summed E-state index contributed by atoms with van der Waals surface area (Å²) in [6.45, 7) is 4.28. The summed E-state index contributed by atoms with van der Waals surface area (Å²) in [4.78, 5) is 12.5. The maximum Gasteiger partial charge on any atom is 0.269 e. The van der Waals surface area contributed by atoms with Gasteiger partial charge in [0.05, 0.1) is 23.5 Å². The molecule has 0 radical (unpaired) electrons. The average Bonchev–Trinajstić information content (AvgIpc) is 2.70. The van der Waals surface area contributed by atoms with Crippen molar-refractivity contribution in [3.05, 3.63) is 17.0 Å². The van der Waals surface area contributed by atoms with E-state index < -0.39 is 5.60 Å². The van der Waals surface area contributed by atoms with E-state index in [1.807, 2.05) is 13.8 Å². The molecule has 1 aromatic rings. The van der Waals surface area contributed by atoms with Crippen LogP contribution in [0.5, 0.6) is 0 Å². The van der Waals surface area contributed by atoms with Crippen LogP contribution in [0.25, 0.3) is 0 Å². The summed E-state index contributed by atoms with van der Waals surface area (Å²) < 4.78 is 7.38. The SMILES string of the molecule is C[C@@H]1Cc2c(nn(C)c2C(=O)NCC2(O)CCC2)[C@H](C)O1. The first kappa shape index (κ1) is 14.5. The average molecular weight is 293 g/mol. The molecule has 1 aliphatic heterocycles. The number of rotatable bonds is 3. The van der Waals surface area contributed by atoms with Crippen LogP contribution in [0, 0.1) is 0 Å². The zero-order valence-electron chi connectivity index (χ0n) is 12.8. The summed E-state index contributed by atoms with van der Waals surface area (Å²) in [5.74, 6) is -0.159. The van der Waals surface area contributed by atoms with Crippen LogP contribution >= 0.6 is 0 Å². The lowest BCUT2D eigenvalue weighted by molar-refractivity contribution is -0.0301. The van der Waals surface area contributed by atoms with Gasteiger partial charge in [-0.1, -0.05) is 0 Å². The largest absolute Gasteiger partial charge is 0.388 e. The predicted octanol–water partition coefficient (Wildman–Crippen LogP) is 1.09. The molecule has 3 rings (SSSR count). The monoisotopic (exact) mass is 293 g/mol. The zero-order chi connectivity index (χ0) is 15.2. The Morgan fingerprint density at radius 1 is 1.52 bits per heavy atom. The molecule has 1 aromatic heterocycles. The molecule has 0 unspecified atom stereocenters. The Morgan fingerprint density at radius 3 is 2.86 bits per heavy atom. The molecule has 2 N–H and O–H groups in total. The molecule has 21 heavy (non-hydrogen) atoms. The Morgan fingerprint density at radius 2 is 2.24 bits per heavy atom. The molecule has 1 fully saturated rings. The fraction of sp³-hybridized carbons (Fsp3) is 0.733. The Kier molecular flexibility index (Phi) is 3.53. The number of carbonyl (C=O) groups excluding carboxylic acids is 1. The number of hydrogen-bond acceptors (Lipinski definition) is 4.